The Labute approximate surface area is 151 Å². The average molecular weight is 348 g/mol. The Morgan fingerprint density at radius 1 is 1.27 bits per heavy atom. The lowest BCUT2D eigenvalue weighted by Gasteiger charge is -2.16. The Hall–Kier alpha value is -3.09. The first-order chi connectivity index (χ1) is 12.6. The number of amides is 1. The van der Waals surface area contributed by atoms with E-state index in [2.05, 4.69) is 19.9 Å². The van der Waals surface area contributed by atoms with Gasteiger partial charge in [0.25, 0.3) is 5.91 Å². The lowest BCUT2D eigenvalue weighted by atomic mass is 10.1. The highest BCUT2D eigenvalue weighted by Gasteiger charge is 2.30. The molecule has 7 heteroatoms. The van der Waals surface area contributed by atoms with Gasteiger partial charge in [-0.3, -0.25) is 9.78 Å². The topological polar surface area (TPSA) is 87.7 Å². The van der Waals surface area contributed by atoms with E-state index in [1.807, 2.05) is 24.8 Å². The summed E-state index contributed by atoms with van der Waals surface area (Å²) in [5.41, 5.74) is 3.30. The van der Waals surface area contributed by atoms with Crippen molar-refractivity contribution < 1.29 is 4.79 Å². The van der Waals surface area contributed by atoms with Crippen LogP contribution in [0, 0.1) is 13.8 Å². The van der Waals surface area contributed by atoms with Crippen molar-refractivity contribution in [2.75, 3.05) is 13.1 Å². The molecule has 0 aromatic carbocycles. The van der Waals surface area contributed by atoms with Gasteiger partial charge in [0, 0.05) is 49.0 Å². The summed E-state index contributed by atoms with van der Waals surface area (Å²) >= 11 is 0. The van der Waals surface area contributed by atoms with Crippen molar-refractivity contribution in [3.8, 4) is 11.5 Å². The molecule has 1 atom stereocenters. The molecule has 1 amide bonds. The van der Waals surface area contributed by atoms with Crippen LogP contribution in [0.5, 0.6) is 0 Å². The van der Waals surface area contributed by atoms with Crippen molar-refractivity contribution in [1.29, 1.82) is 0 Å². The van der Waals surface area contributed by atoms with Crippen LogP contribution >= 0.6 is 0 Å². The molecule has 1 aliphatic heterocycles. The van der Waals surface area contributed by atoms with E-state index in [0.29, 0.717) is 18.7 Å². The van der Waals surface area contributed by atoms with Crippen molar-refractivity contribution in [3.63, 3.8) is 0 Å². The number of aryl methyl sites for hydroxylation is 2. The molecule has 26 heavy (non-hydrogen) atoms. The molecule has 1 aliphatic rings. The highest BCUT2D eigenvalue weighted by atomic mass is 16.2. The van der Waals surface area contributed by atoms with Gasteiger partial charge in [-0.2, -0.15) is 0 Å². The van der Waals surface area contributed by atoms with Crippen molar-refractivity contribution in [2.24, 2.45) is 0 Å². The van der Waals surface area contributed by atoms with Crippen LogP contribution in [-0.4, -0.2) is 48.8 Å². The number of H-pyrrole nitrogens is 1. The lowest BCUT2D eigenvalue weighted by molar-refractivity contribution is 0.0790. The van der Waals surface area contributed by atoms with Crippen LogP contribution in [0.25, 0.3) is 11.5 Å². The number of rotatable bonds is 3. The number of nitrogens with one attached hydrogen (secondary N) is 1. The van der Waals surface area contributed by atoms with Gasteiger partial charge in [0.05, 0.1) is 5.56 Å². The molecular weight excluding hydrogens is 328 g/mol. The Bertz CT molecular complexity index is 936. The molecule has 4 heterocycles. The molecular formula is C19H20N6O. The molecule has 0 aliphatic carbocycles. The fraction of sp³-hybridized carbons (Fsp3) is 0.316. The van der Waals surface area contributed by atoms with Crippen LogP contribution < -0.4 is 0 Å². The molecule has 0 bridgehead atoms. The van der Waals surface area contributed by atoms with Crippen molar-refractivity contribution in [2.45, 2.75) is 26.2 Å². The quantitative estimate of drug-likeness (QED) is 0.786. The van der Waals surface area contributed by atoms with E-state index in [1.54, 1.807) is 30.7 Å². The summed E-state index contributed by atoms with van der Waals surface area (Å²) in [6.45, 7) is 5.24. The third kappa shape index (κ3) is 3.20. The van der Waals surface area contributed by atoms with Gasteiger partial charge in [-0.25, -0.2) is 15.0 Å². The zero-order valence-electron chi connectivity index (χ0n) is 14.8. The SMILES string of the molecule is Cc1cc(-c2ncc(C)[nH]2)nc([C@@H]2CCN(C(=O)c3cccnc3)C2)n1. The van der Waals surface area contributed by atoms with E-state index in [0.717, 1.165) is 35.2 Å². The predicted molar refractivity (Wildman–Crippen MR) is 96.6 cm³/mol. The molecule has 0 unspecified atom stereocenters. The smallest absolute Gasteiger partial charge is 0.255 e. The summed E-state index contributed by atoms with van der Waals surface area (Å²) in [5.74, 6) is 1.66. The fourth-order valence-corrected chi connectivity index (χ4v) is 3.27. The first kappa shape index (κ1) is 16.4. The van der Waals surface area contributed by atoms with Crippen LogP contribution in [0.1, 0.15) is 39.9 Å². The molecule has 7 nitrogen and oxygen atoms in total. The van der Waals surface area contributed by atoms with Crippen LogP contribution in [-0.2, 0) is 0 Å². The van der Waals surface area contributed by atoms with Crippen LogP contribution in [0.2, 0.25) is 0 Å². The number of nitrogens with zero attached hydrogens (tertiary/aromatic N) is 5. The Balaban J connectivity index is 1.55. The van der Waals surface area contributed by atoms with E-state index < -0.39 is 0 Å². The molecule has 0 spiro atoms. The molecule has 1 saturated heterocycles. The molecule has 132 valence electrons. The summed E-state index contributed by atoms with van der Waals surface area (Å²) in [5, 5.41) is 0. The van der Waals surface area contributed by atoms with Gasteiger partial charge in [0.1, 0.15) is 11.5 Å². The third-order valence-corrected chi connectivity index (χ3v) is 4.57. The number of hydrogen-bond donors (Lipinski definition) is 1. The number of likely N-dealkylation sites (tertiary alicyclic amines) is 1. The predicted octanol–water partition coefficient (Wildman–Crippen LogP) is 2.51. The van der Waals surface area contributed by atoms with Gasteiger partial charge in [-0.15, -0.1) is 0 Å². The molecule has 1 fully saturated rings. The zero-order valence-corrected chi connectivity index (χ0v) is 14.8. The van der Waals surface area contributed by atoms with E-state index in [-0.39, 0.29) is 11.8 Å². The fourth-order valence-electron chi connectivity index (χ4n) is 3.27. The number of carbonyl (C=O) groups excluding carboxylic acids is 1. The largest absolute Gasteiger partial charge is 0.341 e. The summed E-state index contributed by atoms with van der Waals surface area (Å²) in [4.78, 5) is 35.4. The molecule has 4 rings (SSSR count). The van der Waals surface area contributed by atoms with Gasteiger partial charge in [-0.1, -0.05) is 0 Å². The minimum atomic E-state index is 0.00939. The molecule has 0 radical (unpaired) electrons. The van der Waals surface area contributed by atoms with Crippen LogP contribution in [0.3, 0.4) is 0 Å². The lowest BCUT2D eigenvalue weighted by Crippen LogP contribution is -2.28. The van der Waals surface area contributed by atoms with Gasteiger partial charge in [0.15, 0.2) is 5.82 Å². The highest BCUT2D eigenvalue weighted by molar-refractivity contribution is 5.94. The number of hydrogen-bond acceptors (Lipinski definition) is 5. The Morgan fingerprint density at radius 3 is 2.88 bits per heavy atom. The number of pyridine rings is 1. The maximum Gasteiger partial charge on any atom is 0.255 e. The average Bonchev–Trinajstić information content (AvgIpc) is 3.31. The van der Waals surface area contributed by atoms with Crippen molar-refractivity contribution in [3.05, 3.63) is 59.6 Å². The number of aromatic nitrogens is 5. The summed E-state index contributed by atoms with van der Waals surface area (Å²) in [6, 6.07) is 5.50. The second kappa shape index (κ2) is 6.67. The second-order valence-corrected chi connectivity index (χ2v) is 6.65. The van der Waals surface area contributed by atoms with E-state index >= 15 is 0 Å². The number of carbonyl (C=O) groups is 1. The minimum absolute atomic E-state index is 0.00939. The summed E-state index contributed by atoms with van der Waals surface area (Å²) < 4.78 is 0. The maximum atomic E-state index is 12.6. The maximum absolute atomic E-state index is 12.6. The van der Waals surface area contributed by atoms with Gasteiger partial charge in [0.2, 0.25) is 0 Å². The molecule has 1 N–H and O–H groups in total. The van der Waals surface area contributed by atoms with Crippen LogP contribution in [0.15, 0.2) is 36.8 Å². The normalized spacial score (nSPS) is 16.8. The zero-order chi connectivity index (χ0) is 18.1. The highest BCUT2D eigenvalue weighted by Crippen LogP contribution is 2.27. The first-order valence-corrected chi connectivity index (χ1v) is 8.67. The summed E-state index contributed by atoms with van der Waals surface area (Å²) in [6.07, 6.45) is 5.92. The van der Waals surface area contributed by atoms with E-state index in [4.69, 9.17) is 4.98 Å². The Morgan fingerprint density at radius 2 is 2.15 bits per heavy atom. The third-order valence-electron chi connectivity index (χ3n) is 4.57. The number of imidazole rings is 1. The van der Waals surface area contributed by atoms with Gasteiger partial charge >= 0.3 is 0 Å². The second-order valence-electron chi connectivity index (χ2n) is 6.65. The monoisotopic (exact) mass is 348 g/mol. The van der Waals surface area contributed by atoms with E-state index in [9.17, 15) is 4.79 Å². The van der Waals surface area contributed by atoms with Gasteiger partial charge in [-0.05, 0) is 38.5 Å². The summed E-state index contributed by atoms with van der Waals surface area (Å²) in [7, 11) is 0. The van der Waals surface area contributed by atoms with E-state index in [1.165, 1.54) is 0 Å². The molecule has 3 aromatic heterocycles. The number of aromatic amines is 1. The van der Waals surface area contributed by atoms with Crippen LogP contribution in [0.4, 0.5) is 0 Å². The standard InChI is InChI=1S/C19H20N6O/c1-12-8-16(18-21-9-13(2)23-18)24-17(22-12)15-5-7-25(11-15)19(26)14-4-3-6-20-10-14/h3-4,6,8-10,15H,5,7,11H2,1-2H3,(H,21,23)/t15-/m1/s1. The minimum Gasteiger partial charge on any atom is -0.341 e. The Kier molecular flexibility index (Phi) is 4.20. The molecule has 3 aromatic rings. The van der Waals surface area contributed by atoms with Crippen molar-refractivity contribution >= 4 is 5.91 Å². The first-order valence-electron chi connectivity index (χ1n) is 8.67. The van der Waals surface area contributed by atoms with Crippen molar-refractivity contribution in [1.82, 2.24) is 29.8 Å². The molecule has 0 saturated carbocycles. The van der Waals surface area contributed by atoms with Gasteiger partial charge < -0.3 is 9.88 Å².